The molecule has 2 aliphatic heterocycles. The summed E-state index contributed by atoms with van der Waals surface area (Å²) < 4.78 is 10.7. The third-order valence-corrected chi connectivity index (χ3v) is 4.52. The lowest BCUT2D eigenvalue weighted by Gasteiger charge is -2.37. The molecule has 2 fully saturated rings. The predicted octanol–water partition coefficient (Wildman–Crippen LogP) is 0.713. The molecule has 0 radical (unpaired) electrons. The minimum atomic E-state index is 0.618. The van der Waals surface area contributed by atoms with Gasteiger partial charge in [0.15, 0.2) is 11.7 Å². The zero-order chi connectivity index (χ0) is 16.1. The van der Waals surface area contributed by atoms with Gasteiger partial charge in [0.25, 0.3) is 0 Å². The Labute approximate surface area is 137 Å². The van der Waals surface area contributed by atoms with Gasteiger partial charge in [-0.3, -0.25) is 9.89 Å². The maximum Gasteiger partial charge on any atom is 0.194 e. The van der Waals surface area contributed by atoms with Gasteiger partial charge in [0, 0.05) is 52.4 Å². The highest BCUT2D eigenvalue weighted by Crippen LogP contribution is 2.15. The molecule has 3 rings (SSSR count). The third-order valence-electron chi connectivity index (χ3n) is 4.52. The third kappa shape index (κ3) is 4.45. The van der Waals surface area contributed by atoms with E-state index in [2.05, 4.69) is 25.3 Å². The Hall–Kier alpha value is -1.60. The summed E-state index contributed by atoms with van der Waals surface area (Å²) in [7, 11) is 1.83. The maximum atomic E-state index is 5.47. The number of hydrogen-bond acceptors (Lipinski definition) is 5. The van der Waals surface area contributed by atoms with Gasteiger partial charge in [-0.1, -0.05) is 5.16 Å². The van der Waals surface area contributed by atoms with Crippen molar-refractivity contribution in [1.29, 1.82) is 0 Å². The first-order chi connectivity index (χ1) is 11.2. The highest BCUT2D eigenvalue weighted by molar-refractivity contribution is 5.79. The van der Waals surface area contributed by atoms with Crippen LogP contribution in [-0.2, 0) is 11.3 Å². The fourth-order valence-corrected chi connectivity index (χ4v) is 3.23. The zero-order valence-electron chi connectivity index (χ0n) is 14.1. The summed E-state index contributed by atoms with van der Waals surface area (Å²) in [6.07, 6.45) is 1.21. The average molecular weight is 321 g/mol. The molecule has 0 bridgehead atoms. The van der Waals surface area contributed by atoms with E-state index in [1.54, 1.807) is 0 Å². The second kappa shape index (κ2) is 7.79. The SMILES string of the molecule is CN=C(NCc1cc(C)no1)N1CCN(CC2CCOC2)CC1. The van der Waals surface area contributed by atoms with E-state index in [4.69, 9.17) is 9.26 Å². The van der Waals surface area contributed by atoms with Crippen LogP contribution < -0.4 is 5.32 Å². The summed E-state index contributed by atoms with van der Waals surface area (Å²) in [5.41, 5.74) is 0.904. The molecular formula is C16H27N5O2. The molecule has 0 saturated carbocycles. The lowest BCUT2D eigenvalue weighted by Crippen LogP contribution is -2.53. The lowest BCUT2D eigenvalue weighted by molar-refractivity contribution is 0.139. The van der Waals surface area contributed by atoms with Crippen LogP contribution in [0.25, 0.3) is 0 Å². The van der Waals surface area contributed by atoms with Crippen LogP contribution in [0.15, 0.2) is 15.6 Å². The Morgan fingerprint density at radius 1 is 1.39 bits per heavy atom. The van der Waals surface area contributed by atoms with Gasteiger partial charge in [0.2, 0.25) is 0 Å². The van der Waals surface area contributed by atoms with Gasteiger partial charge in [-0.2, -0.15) is 0 Å². The number of piperazine rings is 1. The summed E-state index contributed by atoms with van der Waals surface area (Å²) in [6.45, 7) is 9.74. The second-order valence-corrected chi connectivity index (χ2v) is 6.35. The van der Waals surface area contributed by atoms with Crippen LogP contribution in [-0.4, -0.2) is 73.9 Å². The molecule has 23 heavy (non-hydrogen) atoms. The van der Waals surface area contributed by atoms with E-state index in [1.807, 2.05) is 20.0 Å². The minimum Gasteiger partial charge on any atom is -0.381 e. The summed E-state index contributed by atoms with van der Waals surface area (Å²) in [5.74, 6) is 2.49. The molecule has 7 nitrogen and oxygen atoms in total. The molecule has 3 heterocycles. The Morgan fingerprint density at radius 2 is 2.22 bits per heavy atom. The number of aryl methyl sites for hydroxylation is 1. The number of aromatic nitrogens is 1. The summed E-state index contributed by atoms with van der Waals surface area (Å²) in [5, 5.41) is 7.27. The molecule has 1 aromatic heterocycles. The first kappa shape index (κ1) is 16.3. The molecule has 2 aliphatic rings. The topological polar surface area (TPSA) is 66.1 Å². The quantitative estimate of drug-likeness (QED) is 0.651. The van der Waals surface area contributed by atoms with Crippen LogP contribution >= 0.6 is 0 Å². The molecule has 7 heteroatoms. The zero-order valence-corrected chi connectivity index (χ0v) is 14.1. The van der Waals surface area contributed by atoms with Crippen molar-refractivity contribution in [3.8, 4) is 0 Å². The molecule has 0 aliphatic carbocycles. The van der Waals surface area contributed by atoms with Crippen LogP contribution in [0.5, 0.6) is 0 Å². The molecule has 1 atom stereocenters. The van der Waals surface area contributed by atoms with E-state index in [0.29, 0.717) is 12.5 Å². The molecule has 0 spiro atoms. The van der Waals surface area contributed by atoms with Crippen molar-refractivity contribution in [2.75, 3.05) is 53.0 Å². The number of hydrogen-bond donors (Lipinski definition) is 1. The molecule has 1 unspecified atom stereocenters. The molecule has 128 valence electrons. The molecular weight excluding hydrogens is 294 g/mol. The van der Waals surface area contributed by atoms with Gasteiger partial charge in [0.1, 0.15) is 0 Å². The van der Waals surface area contributed by atoms with Crippen LogP contribution in [0.2, 0.25) is 0 Å². The summed E-state index contributed by atoms with van der Waals surface area (Å²) in [6, 6.07) is 1.95. The van der Waals surface area contributed by atoms with Crippen LogP contribution in [0.3, 0.4) is 0 Å². The van der Waals surface area contributed by atoms with Crippen molar-refractivity contribution in [3.63, 3.8) is 0 Å². The molecule has 0 amide bonds. The van der Waals surface area contributed by atoms with E-state index in [-0.39, 0.29) is 0 Å². The molecule has 1 aromatic rings. The predicted molar refractivity (Wildman–Crippen MR) is 88.4 cm³/mol. The number of guanidine groups is 1. The number of nitrogens with one attached hydrogen (secondary N) is 1. The highest BCUT2D eigenvalue weighted by atomic mass is 16.5. The van der Waals surface area contributed by atoms with Crippen LogP contribution in [0.1, 0.15) is 17.9 Å². The first-order valence-corrected chi connectivity index (χ1v) is 8.42. The normalized spacial score (nSPS) is 23.5. The molecule has 1 N–H and O–H groups in total. The number of ether oxygens (including phenoxy) is 1. The fraction of sp³-hybridized carbons (Fsp3) is 0.750. The van der Waals surface area contributed by atoms with Gasteiger partial charge in [-0.15, -0.1) is 0 Å². The lowest BCUT2D eigenvalue weighted by atomic mass is 10.1. The summed E-state index contributed by atoms with van der Waals surface area (Å²) in [4.78, 5) is 9.25. The van der Waals surface area contributed by atoms with Gasteiger partial charge >= 0.3 is 0 Å². The van der Waals surface area contributed by atoms with Gasteiger partial charge in [-0.25, -0.2) is 0 Å². The van der Waals surface area contributed by atoms with Crippen molar-refractivity contribution in [1.82, 2.24) is 20.3 Å². The van der Waals surface area contributed by atoms with Crippen molar-refractivity contribution in [2.45, 2.75) is 19.9 Å². The van der Waals surface area contributed by atoms with Crippen molar-refractivity contribution >= 4 is 5.96 Å². The van der Waals surface area contributed by atoms with Crippen molar-refractivity contribution < 1.29 is 9.26 Å². The van der Waals surface area contributed by atoms with E-state index >= 15 is 0 Å². The second-order valence-electron chi connectivity index (χ2n) is 6.35. The Balaban J connectivity index is 1.43. The van der Waals surface area contributed by atoms with Crippen molar-refractivity contribution in [2.24, 2.45) is 10.9 Å². The smallest absolute Gasteiger partial charge is 0.194 e. The van der Waals surface area contributed by atoms with Gasteiger partial charge in [-0.05, 0) is 19.3 Å². The largest absolute Gasteiger partial charge is 0.381 e. The molecule has 2 saturated heterocycles. The monoisotopic (exact) mass is 321 g/mol. The average Bonchev–Trinajstić information content (AvgIpc) is 3.21. The fourth-order valence-electron chi connectivity index (χ4n) is 3.23. The number of rotatable bonds is 4. The van der Waals surface area contributed by atoms with E-state index < -0.39 is 0 Å². The Morgan fingerprint density at radius 3 is 2.83 bits per heavy atom. The van der Waals surface area contributed by atoms with E-state index in [0.717, 1.165) is 63.4 Å². The van der Waals surface area contributed by atoms with E-state index in [9.17, 15) is 0 Å². The Bertz CT molecular complexity index is 516. The highest BCUT2D eigenvalue weighted by Gasteiger charge is 2.24. The summed E-state index contributed by atoms with van der Waals surface area (Å²) >= 11 is 0. The number of aliphatic imine (C=N–C) groups is 1. The first-order valence-electron chi connectivity index (χ1n) is 8.42. The Kier molecular flexibility index (Phi) is 5.51. The van der Waals surface area contributed by atoms with Crippen LogP contribution in [0.4, 0.5) is 0 Å². The van der Waals surface area contributed by atoms with Crippen LogP contribution in [0, 0.1) is 12.8 Å². The van der Waals surface area contributed by atoms with Crippen molar-refractivity contribution in [3.05, 3.63) is 17.5 Å². The van der Waals surface area contributed by atoms with Gasteiger partial charge < -0.3 is 19.5 Å². The van der Waals surface area contributed by atoms with E-state index in [1.165, 1.54) is 6.42 Å². The minimum absolute atomic E-state index is 0.618. The maximum absolute atomic E-state index is 5.47. The standard InChI is InChI=1S/C16H27N5O2/c1-13-9-15(23-19-13)10-18-16(17-2)21-6-4-20(5-7-21)11-14-3-8-22-12-14/h9,14H,3-8,10-12H2,1-2H3,(H,17,18). The number of nitrogens with zero attached hydrogens (tertiary/aromatic N) is 4. The van der Waals surface area contributed by atoms with Gasteiger partial charge in [0.05, 0.1) is 18.8 Å². The molecule has 0 aromatic carbocycles.